The van der Waals surface area contributed by atoms with Crippen LogP contribution in [0.15, 0.2) is 11.6 Å². The third-order valence-corrected chi connectivity index (χ3v) is 13.8. The number of allylic oxidation sites excluding steroid dienone is 1. The molecular formula is C36H58O12. The molecule has 5 rings (SSSR count). The van der Waals surface area contributed by atoms with Gasteiger partial charge in [-0.3, -0.25) is 9.59 Å². The summed E-state index contributed by atoms with van der Waals surface area (Å²) in [5.41, 5.74) is -5.54. The highest BCUT2D eigenvalue weighted by molar-refractivity contribution is 5.90. The molecule has 1 saturated heterocycles. The Labute approximate surface area is 283 Å². The van der Waals surface area contributed by atoms with Gasteiger partial charge in [0.05, 0.1) is 30.5 Å². The largest absolute Gasteiger partial charge is 0.394 e. The average Bonchev–Trinajstić information content (AvgIpc) is 3.18. The number of ether oxygens (including phenoxy) is 2. The molecular weight excluding hydrogens is 624 g/mol. The zero-order valence-corrected chi connectivity index (χ0v) is 29.6. The number of aliphatic hydroxyl groups excluding tert-OH is 6. The second-order valence-electron chi connectivity index (χ2n) is 17.6. The van der Waals surface area contributed by atoms with Gasteiger partial charge in [-0.05, 0) is 69.1 Å². The molecule has 1 aliphatic heterocycles. The minimum Gasteiger partial charge on any atom is -0.394 e. The number of hydrogen-bond donors (Lipinski definition) is 8. The lowest BCUT2D eigenvalue weighted by molar-refractivity contribution is -0.327. The van der Waals surface area contributed by atoms with Crippen LogP contribution < -0.4 is 0 Å². The fraction of sp³-hybridized carbons (Fsp3) is 0.889. The Morgan fingerprint density at radius 1 is 0.958 bits per heavy atom. The fourth-order valence-corrected chi connectivity index (χ4v) is 11.0. The Morgan fingerprint density at radius 3 is 2.17 bits per heavy atom. The number of Topliss-reactive ketones (excluding diaryl/α,β-unsaturated/α-hetero) is 2. The van der Waals surface area contributed by atoms with Crippen molar-refractivity contribution in [2.24, 2.45) is 39.4 Å². The summed E-state index contributed by atoms with van der Waals surface area (Å²) in [5.74, 6) is -2.12. The van der Waals surface area contributed by atoms with Gasteiger partial charge < -0.3 is 50.3 Å². The summed E-state index contributed by atoms with van der Waals surface area (Å²) in [6.45, 7) is 13.7. The van der Waals surface area contributed by atoms with E-state index in [2.05, 4.69) is 13.0 Å². The Balaban J connectivity index is 1.47. The van der Waals surface area contributed by atoms with Crippen molar-refractivity contribution >= 4 is 11.6 Å². The minimum atomic E-state index is -1.93. The maximum Gasteiger partial charge on any atom is 0.187 e. The molecule has 0 unspecified atom stereocenters. The fourth-order valence-electron chi connectivity index (χ4n) is 11.0. The number of ketones is 2. The van der Waals surface area contributed by atoms with Gasteiger partial charge in [-0.15, -0.1) is 0 Å². The number of aliphatic hydroxyl groups is 8. The van der Waals surface area contributed by atoms with Crippen LogP contribution in [0.4, 0.5) is 0 Å². The second kappa shape index (κ2) is 12.1. The molecule has 4 fully saturated rings. The molecule has 12 nitrogen and oxygen atoms in total. The van der Waals surface area contributed by atoms with Gasteiger partial charge in [0.2, 0.25) is 0 Å². The van der Waals surface area contributed by atoms with Crippen molar-refractivity contribution in [3.05, 3.63) is 11.6 Å². The van der Waals surface area contributed by atoms with Crippen LogP contribution in [0.5, 0.6) is 0 Å². The van der Waals surface area contributed by atoms with Crippen LogP contribution in [0.2, 0.25) is 0 Å². The van der Waals surface area contributed by atoms with Crippen LogP contribution in [0.1, 0.15) is 93.9 Å². The van der Waals surface area contributed by atoms with Crippen LogP contribution in [-0.4, -0.2) is 119 Å². The molecule has 48 heavy (non-hydrogen) atoms. The second-order valence-corrected chi connectivity index (χ2v) is 17.6. The molecule has 15 atom stereocenters. The van der Waals surface area contributed by atoms with E-state index in [0.29, 0.717) is 6.42 Å². The standard InChI is InChI=1S/C36H58O12/c1-31(2,45)12-11-23(40)36(8,46)28-20(39)14-33(5)22-10-9-17-18(35(22,7)24(41)15-34(28,33)6)13-19(38)29(32(17,3)4)48-30-27(44)26(43)25(42)21(16-37)47-30/h9,18-22,25-30,37-39,42-46H,10-16H2,1-8H3/t18-,19+,20+,21+,22-,25+,26-,27+,28-,29-,30-,33-,34-,35+,36+/m1/s1. The van der Waals surface area contributed by atoms with Crippen molar-refractivity contribution in [1.29, 1.82) is 0 Å². The first kappa shape index (κ1) is 37.9. The molecule has 0 aromatic heterocycles. The summed E-state index contributed by atoms with van der Waals surface area (Å²) in [5, 5.41) is 86.2. The molecule has 0 bridgehead atoms. The molecule has 0 spiro atoms. The van der Waals surface area contributed by atoms with E-state index < -0.39 is 106 Å². The van der Waals surface area contributed by atoms with Gasteiger partial charge in [0.15, 0.2) is 12.1 Å². The maximum absolute atomic E-state index is 14.6. The molecule has 12 heteroatoms. The molecule has 0 aromatic rings. The van der Waals surface area contributed by atoms with Gasteiger partial charge in [-0.2, -0.15) is 0 Å². The first-order valence-corrected chi connectivity index (χ1v) is 17.4. The summed E-state index contributed by atoms with van der Waals surface area (Å²) in [7, 11) is 0. The van der Waals surface area contributed by atoms with Gasteiger partial charge in [0, 0.05) is 29.6 Å². The van der Waals surface area contributed by atoms with Gasteiger partial charge in [0.1, 0.15) is 35.8 Å². The predicted octanol–water partition coefficient (Wildman–Crippen LogP) is 0.769. The van der Waals surface area contributed by atoms with Crippen LogP contribution in [0.3, 0.4) is 0 Å². The van der Waals surface area contributed by atoms with E-state index in [1.54, 1.807) is 13.8 Å². The lowest BCUT2D eigenvalue weighted by Crippen LogP contribution is -2.66. The third kappa shape index (κ3) is 5.48. The van der Waals surface area contributed by atoms with Crippen molar-refractivity contribution in [1.82, 2.24) is 0 Å². The molecule has 0 amide bonds. The Bertz CT molecular complexity index is 1300. The van der Waals surface area contributed by atoms with E-state index in [-0.39, 0.29) is 43.8 Å². The summed E-state index contributed by atoms with van der Waals surface area (Å²) in [4.78, 5) is 28.1. The summed E-state index contributed by atoms with van der Waals surface area (Å²) >= 11 is 0. The van der Waals surface area contributed by atoms with Gasteiger partial charge in [0.25, 0.3) is 0 Å². The predicted molar refractivity (Wildman–Crippen MR) is 172 cm³/mol. The van der Waals surface area contributed by atoms with Crippen molar-refractivity contribution in [3.63, 3.8) is 0 Å². The summed E-state index contributed by atoms with van der Waals surface area (Å²) in [6.07, 6.45) is -7.43. The average molecular weight is 683 g/mol. The van der Waals surface area contributed by atoms with Crippen LogP contribution in [0.25, 0.3) is 0 Å². The van der Waals surface area contributed by atoms with Crippen LogP contribution in [0, 0.1) is 39.4 Å². The Kier molecular flexibility index (Phi) is 9.59. The number of fused-ring (bicyclic) bond motifs is 5. The smallest absolute Gasteiger partial charge is 0.187 e. The normalized spacial score (nSPS) is 48.5. The SMILES string of the molecule is CC(C)(O)CCC(=O)[C@](C)(O)[C@@H]1[C@@H](O)C[C@]2(C)[C@H]3CC=C4[C@@H](C[C@H](O)[C@@H](O[C@H]5O[C@@H](CO)[C@H](O)[C@@H](O)[C@@H]5O)C4(C)C)[C@]3(C)C(=O)C[C@]12C. The quantitative estimate of drug-likeness (QED) is 0.167. The maximum atomic E-state index is 14.6. The van der Waals surface area contributed by atoms with Crippen molar-refractivity contribution < 1.29 is 59.9 Å². The Hall–Kier alpha value is -1.32. The van der Waals surface area contributed by atoms with E-state index in [1.165, 1.54) is 6.92 Å². The highest BCUT2D eigenvalue weighted by Gasteiger charge is 2.74. The monoisotopic (exact) mass is 682 g/mol. The molecule has 0 aromatic carbocycles. The lowest BCUT2D eigenvalue weighted by atomic mass is 9.38. The first-order valence-electron chi connectivity index (χ1n) is 17.4. The van der Waals surface area contributed by atoms with Gasteiger partial charge in [-0.1, -0.05) is 46.3 Å². The van der Waals surface area contributed by atoms with Crippen molar-refractivity contribution in [3.8, 4) is 0 Å². The van der Waals surface area contributed by atoms with Crippen LogP contribution in [-0.2, 0) is 19.1 Å². The van der Waals surface area contributed by atoms with Crippen molar-refractivity contribution in [2.75, 3.05) is 6.61 Å². The molecule has 8 N–H and O–H groups in total. The van der Waals surface area contributed by atoms with E-state index in [1.807, 2.05) is 27.7 Å². The molecule has 274 valence electrons. The van der Waals surface area contributed by atoms with E-state index in [0.717, 1.165) is 5.57 Å². The highest BCUT2D eigenvalue weighted by Crippen LogP contribution is 2.74. The van der Waals surface area contributed by atoms with Gasteiger partial charge in [-0.25, -0.2) is 0 Å². The first-order chi connectivity index (χ1) is 21.9. The Morgan fingerprint density at radius 2 is 1.58 bits per heavy atom. The number of carbonyl (C=O) groups excluding carboxylic acids is 2. The van der Waals surface area contributed by atoms with Crippen LogP contribution >= 0.6 is 0 Å². The zero-order valence-electron chi connectivity index (χ0n) is 29.6. The van der Waals surface area contributed by atoms with E-state index in [9.17, 15) is 50.4 Å². The molecule has 0 radical (unpaired) electrons. The molecule has 5 aliphatic rings. The summed E-state index contributed by atoms with van der Waals surface area (Å²) in [6, 6.07) is 0. The number of carbonyl (C=O) groups is 2. The number of rotatable bonds is 8. The minimum absolute atomic E-state index is 0.0260. The lowest BCUT2D eigenvalue weighted by Gasteiger charge is -2.65. The highest BCUT2D eigenvalue weighted by atomic mass is 16.7. The molecule has 4 aliphatic carbocycles. The zero-order chi connectivity index (χ0) is 36.2. The third-order valence-electron chi connectivity index (χ3n) is 13.8. The number of hydrogen-bond acceptors (Lipinski definition) is 12. The van der Waals surface area contributed by atoms with Crippen molar-refractivity contribution in [2.45, 2.75) is 154 Å². The van der Waals surface area contributed by atoms with E-state index >= 15 is 0 Å². The van der Waals surface area contributed by atoms with E-state index in [4.69, 9.17) is 9.47 Å². The topological polar surface area (TPSA) is 214 Å². The summed E-state index contributed by atoms with van der Waals surface area (Å²) < 4.78 is 11.8. The molecule has 1 heterocycles. The van der Waals surface area contributed by atoms with Gasteiger partial charge >= 0.3 is 0 Å². The molecule has 3 saturated carbocycles.